The molecule has 0 amide bonds. The van der Waals surface area contributed by atoms with E-state index >= 15 is 0 Å². The summed E-state index contributed by atoms with van der Waals surface area (Å²) in [6.07, 6.45) is 9.69. The summed E-state index contributed by atoms with van der Waals surface area (Å²) in [5.41, 5.74) is 4.85. The fraction of sp³-hybridized carbons (Fsp3) is 0.692. The molecule has 2 N–H and O–H groups in total. The topological polar surface area (TPSA) is 39.0 Å². The van der Waals surface area contributed by atoms with Crippen LogP contribution in [-0.4, -0.2) is 70.5 Å². The lowest BCUT2D eigenvalue weighted by molar-refractivity contribution is 0.632. The first-order valence-electron chi connectivity index (χ1n) is 7.47. The van der Waals surface area contributed by atoms with Gasteiger partial charge in [0, 0.05) is 24.8 Å². The molecule has 0 bridgehead atoms. The van der Waals surface area contributed by atoms with Crippen molar-refractivity contribution in [2.75, 3.05) is 34.7 Å². The van der Waals surface area contributed by atoms with Crippen molar-refractivity contribution >= 4 is 28.6 Å². The molecule has 21 heavy (non-hydrogen) atoms. The average Bonchev–Trinajstić information content (AvgIpc) is 2.91. The van der Waals surface area contributed by atoms with E-state index in [1.807, 2.05) is 33.4 Å². The van der Waals surface area contributed by atoms with Gasteiger partial charge in [-0.05, 0) is 40.8 Å². The molecule has 0 aromatic rings. The standard InChI is InChI=1S/C7H16N2Si.C4H9ClN2Si.C2H7N/c1-4-7-10-8(2)5-6-9(10)3;1-6-3-4-7(2)8(6)5;1-2-3/h5-6,10H,4,7H2,1-3H3;3-4,8H,1-2H3;2-3H2,1H3. The van der Waals surface area contributed by atoms with Crippen molar-refractivity contribution < 1.29 is 0 Å². The number of halogens is 1. The predicted octanol–water partition coefficient (Wildman–Crippen LogP) is 1.22. The molecule has 2 heterocycles. The quantitative estimate of drug-likeness (QED) is 0.599. The molecule has 0 radical (unpaired) electrons. The Balaban J connectivity index is 0.000000327. The van der Waals surface area contributed by atoms with Gasteiger partial charge in [-0.1, -0.05) is 20.3 Å². The molecule has 0 aromatic carbocycles. The van der Waals surface area contributed by atoms with Gasteiger partial charge in [-0.2, -0.15) is 0 Å². The van der Waals surface area contributed by atoms with Crippen molar-refractivity contribution in [1.29, 1.82) is 0 Å². The zero-order chi connectivity index (χ0) is 16.4. The minimum atomic E-state index is -1.21. The summed E-state index contributed by atoms with van der Waals surface area (Å²) in [6, 6.07) is 1.39. The molecule has 5 nitrogen and oxygen atoms in total. The highest BCUT2D eigenvalue weighted by atomic mass is 35.6. The first-order valence-corrected chi connectivity index (χ1v) is 12.1. The van der Waals surface area contributed by atoms with Crippen molar-refractivity contribution in [3.8, 4) is 0 Å². The predicted molar refractivity (Wildman–Crippen MR) is 99.3 cm³/mol. The Kier molecular flexibility index (Phi) is 10.7. The zero-order valence-corrected chi connectivity index (χ0v) is 17.4. The van der Waals surface area contributed by atoms with Gasteiger partial charge in [0.2, 0.25) is 9.12 Å². The highest BCUT2D eigenvalue weighted by molar-refractivity contribution is 7.04. The van der Waals surface area contributed by atoms with Crippen LogP contribution < -0.4 is 5.73 Å². The third kappa shape index (κ3) is 7.26. The van der Waals surface area contributed by atoms with E-state index in [4.69, 9.17) is 16.8 Å². The van der Waals surface area contributed by atoms with Gasteiger partial charge < -0.3 is 24.0 Å². The average molecular weight is 350 g/mol. The summed E-state index contributed by atoms with van der Waals surface area (Å²) < 4.78 is 8.93. The Morgan fingerprint density at radius 2 is 1.19 bits per heavy atom. The Labute approximate surface area is 138 Å². The normalized spacial score (nSPS) is 17.9. The number of nitrogens with two attached hydrogens (primary N) is 1. The van der Waals surface area contributed by atoms with E-state index < -0.39 is 17.5 Å². The van der Waals surface area contributed by atoms with E-state index in [0.717, 1.165) is 6.54 Å². The summed E-state index contributed by atoms with van der Waals surface area (Å²) in [6.45, 7) is 4.91. The molecule has 0 atom stereocenters. The Hall–Kier alpha value is -0.636. The zero-order valence-electron chi connectivity index (χ0n) is 14.3. The van der Waals surface area contributed by atoms with Gasteiger partial charge in [-0.25, -0.2) is 0 Å². The van der Waals surface area contributed by atoms with Gasteiger partial charge in [0.25, 0.3) is 0 Å². The molecule has 0 aliphatic carbocycles. The van der Waals surface area contributed by atoms with Gasteiger partial charge in [-0.3, -0.25) is 0 Å². The molecule has 8 heteroatoms. The molecule has 2 aliphatic heterocycles. The fourth-order valence-electron chi connectivity index (χ4n) is 2.00. The summed E-state index contributed by atoms with van der Waals surface area (Å²) >= 11 is 5.94. The minimum Gasteiger partial charge on any atom is -0.391 e. The van der Waals surface area contributed by atoms with Crippen LogP contribution in [0.25, 0.3) is 0 Å². The summed E-state index contributed by atoms with van der Waals surface area (Å²) in [7, 11) is 6.46. The molecule has 124 valence electrons. The van der Waals surface area contributed by atoms with Gasteiger partial charge >= 0.3 is 8.43 Å². The van der Waals surface area contributed by atoms with Gasteiger partial charge in [0.15, 0.2) is 0 Å². The summed E-state index contributed by atoms with van der Waals surface area (Å²) in [4.78, 5) is 0. The Morgan fingerprint density at radius 3 is 1.43 bits per heavy atom. The second-order valence-electron chi connectivity index (χ2n) is 5.25. The first-order chi connectivity index (χ1) is 9.88. The lowest BCUT2D eigenvalue weighted by atomic mass is 10.6. The van der Waals surface area contributed by atoms with E-state index in [2.05, 4.69) is 51.7 Å². The highest BCUT2D eigenvalue weighted by Crippen LogP contribution is 2.12. The molecule has 0 fully saturated rings. The number of hydrogen-bond donors (Lipinski definition) is 1. The van der Waals surface area contributed by atoms with Gasteiger partial charge in [0.05, 0.1) is 0 Å². The van der Waals surface area contributed by atoms with Crippen LogP contribution in [0.15, 0.2) is 24.8 Å². The molecule has 0 saturated carbocycles. The summed E-state index contributed by atoms with van der Waals surface area (Å²) in [5.74, 6) is 0. The van der Waals surface area contributed by atoms with Crippen LogP contribution in [0.1, 0.15) is 20.3 Å². The van der Waals surface area contributed by atoms with E-state index in [1.54, 1.807) is 0 Å². The third-order valence-corrected chi connectivity index (χ3v) is 10.1. The third-order valence-electron chi connectivity index (χ3n) is 3.23. The van der Waals surface area contributed by atoms with Crippen LogP contribution in [-0.2, 0) is 0 Å². The van der Waals surface area contributed by atoms with Crippen LogP contribution in [0.2, 0.25) is 6.04 Å². The van der Waals surface area contributed by atoms with Crippen molar-refractivity contribution in [2.24, 2.45) is 5.73 Å². The largest absolute Gasteiger partial charge is 0.391 e. The molecule has 0 aromatic heterocycles. The Morgan fingerprint density at radius 1 is 0.857 bits per heavy atom. The SMILES string of the molecule is CCC[SiH]1N(C)C=CN1C.CCN.CN1C=CN(C)[SiH]1Cl. The van der Waals surface area contributed by atoms with Crippen LogP contribution in [0.5, 0.6) is 0 Å². The molecule has 0 saturated heterocycles. The lowest BCUT2D eigenvalue weighted by Crippen LogP contribution is -2.39. The van der Waals surface area contributed by atoms with E-state index in [9.17, 15) is 0 Å². The number of nitrogens with zero attached hydrogens (tertiary/aromatic N) is 4. The van der Waals surface area contributed by atoms with Crippen molar-refractivity contribution in [3.63, 3.8) is 0 Å². The van der Waals surface area contributed by atoms with Crippen LogP contribution in [0, 0.1) is 0 Å². The monoisotopic (exact) mass is 349 g/mol. The fourth-order valence-corrected chi connectivity index (χ4v) is 5.86. The van der Waals surface area contributed by atoms with Crippen molar-refractivity contribution in [2.45, 2.75) is 26.3 Å². The van der Waals surface area contributed by atoms with Gasteiger partial charge in [-0.15, -0.1) is 11.1 Å². The van der Waals surface area contributed by atoms with E-state index in [-0.39, 0.29) is 0 Å². The number of rotatable bonds is 2. The van der Waals surface area contributed by atoms with Crippen LogP contribution in [0.4, 0.5) is 0 Å². The van der Waals surface area contributed by atoms with Crippen molar-refractivity contribution in [1.82, 2.24) is 18.3 Å². The smallest absolute Gasteiger partial charge is 0.348 e. The molecule has 0 spiro atoms. The molecular formula is C13H32ClN5Si2. The maximum absolute atomic E-state index is 5.94. The van der Waals surface area contributed by atoms with E-state index in [0.29, 0.717) is 0 Å². The second-order valence-corrected chi connectivity index (χ2v) is 11.8. The first kappa shape index (κ1) is 20.4. The molecule has 2 rings (SSSR count). The van der Waals surface area contributed by atoms with Crippen LogP contribution in [0.3, 0.4) is 0 Å². The van der Waals surface area contributed by atoms with E-state index in [1.165, 1.54) is 12.5 Å². The number of hydrogen-bond acceptors (Lipinski definition) is 5. The maximum atomic E-state index is 5.94. The molecular weight excluding hydrogens is 318 g/mol. The maximum Gasteiger partial charge on any atom is 0.348 e. The highest BCUT2D eigenvalue weighted by Gasteiger charge is 2.21. The minimum absolute atomic E-state index is 0.714. The Bertz CT molecular complexity index is 306. The van der Waals surface area contributed by atoms with Gasteiger partial charge in [0.1, 0.15) is 0 Å². The second kappa shape index (κ2) is 11.0. The lowest BCUT2D eigenvalue weighted by Gasteiger charge is -2.24. The molecule has 2 aliphatic rings. The van der Waals surface area contributed by atoms with Crippen LogP contribution >= 0.6 is 11.1 Å². The van der Waals surface area contributed by atoms with Crippen molar-refractivity contribution in [3.05, 3.63) is 24.8 Å². The molecule has 0 unspecified atom stereocenters. The summed E-state index contributed by atoms with van der Waals surface area (Å²) in [5, 5.41) is 0.